The third kappa shape index (κ3) is 1.99. The third-order valence-electron chi connectivity index (χ3n) is 3.74. The Balaban J connectivity index is 2.05. The van der Waals surface area contributed by atoms with Crippen LogP contribution in [0.2, 0.25) is 0 Å². The number of hydrogen-bond acceptors (Lipinski definition) is 5. The Morgan fingerprint density at radius 1 is 1.58 bits per heavy atom. The molecule has 2 aromatic heterocycles. The zero-order chi connectivity index (χ0) is 13.4. The molecule has 0 bridgehead atoms. The van der Waals surface area contributed by atoms with E-state index in [1.807, 2.05) is 13.0 Å². The molecule has 0 unspecified atom stereocenters. The summed E-state index contributed by atoms with van der Waals surface area (Å²) < 4.78 is 1.48. The Hall–Kier alpha value is -1.89. The van der Waals surface area contributed by atoms with Crippen molar-refractivity contribution < 1.29 is 0 Å². The summed E-state index contributed by atoms with van der Waals surface area (Å²) in [4.78, 5) is 18.3. The molecule has 19 heavy (non-hydrogen) atoms. The number of nitrogens with zero attached hydrogens (tertiary/aromatic N) is 4. The molecule has 1 aliphatic rings. The molecular formula is C12H18N6O. The number of nitrogens with two attached hydrogens (primary N) is 1. The van der Waals surface area contributed by atoms with E-state index in [0.29, 0.717) is 24.1 Å². The number of nitrogens with one attached hydrogen (secondary N) is 1. The van der Waals surface area contributed by atoms with Gasteiger partial charge in [0.2, 0.25) is 0 Å². The molecule has 1 saturated carbocycles. The van der Waals surface area contributed by atoms with Crippen molar-refractivity contribution in [3.63, 3.8) is 0 Å². The van der Waals surface area contributed by atoms with Crippen molar-refractivity contribution >= 4 is 11.5 Å². The lowest BCUT2D eigenvalue weighted by Crippen LogP contribution is -2.43. The van der Waals surface area contributed by atoms with Crippen LogP contribution in [0, 0.1) is 6.92 Å². The molecule has 0 spiro atoms. The second kappa shape index (κ2) is 4.65. The first-order chi connectivity index (χ1) is 9.20. The Bertz CT molecular complexity index is 641. The van der Waals surface area contributed by atoms with Gasteiger partial charge in [0.1, 0.15) is 11.6 Å². The topological polar surface area (TPSA) is 92.3 Å². The van der Waals surface area contributed by atoms with E-state index >= 15 is 0 Å². The number of hydrogen-bond donors (Lipinski definition) is 2. The summed E-state index contributed by atoms with van der Waals surface area (Å²) in [7, 11) is 0. The minimum absolute atomic E-state index is 0.249. The van der Waals surface area contributed by atoms with Gasteiger partial charge in [-0.25, -0.2) is 19.3 Å². The van der Waals surface area contributed by atoms with E-state index in [-0.39, 0.29) is 5.69 Å². The maximum Gasteiger partial charge on any atom is 0.349 e. The molecule has 1 fully saturated rings. The first-order valence-electron chi connectivity index (χ1n) is 6.62. The average molecular weight is 262 g/mol. The first-order valence-corrected chi connectivity index (χ1v) is 6.62. The van der Waals surface area contributed by atoms with Gasteiger partial charge in [-0.05, 0) is 26.2 Å². The van der Waals surface area contributed by atoms with Gasteiger partial charge in [0.05, 0.1) is 0 Å². The van der Waals surface area contributed by atoms with Gasteiger partial charge in [0.25, 0.3) is 0 Å². The molecule has 0 atom stereocenters. The lowest BCUT2D eigenvalue weighted by molar-refractivity contribution is 0.385. The number of fused-ring (bicyclic) bond motifs is 1. The second-order valence-electron chi connectivity index (χ2n) is 4.95. The lowest BCUT2D eigenvalue weighted by Gasteiger charge is -2.38. The number of aryl methyl sites for hydroxylation is 1. The van der Waals surface area contributed by atoms with E-state index in [2.05, 4.69) is 20.1 Å². The third-order valence-corrected chi connectivity index (χ3v) is 3.74. The standard InChI is InChI=1S/C12H18N6O/c1-8-14-10(7-11-15-16-12(19)18(8)11)17(6-5-13)9-3-2-4-9/h7,9H,2-6,13H2,1H3,(H,16,19). The molecule has 2 heterocycles. The molecule has 1 aliphatic carbocycles. The van der Waals surface area contributed by atoms with Crippen LogP contribution in [0.3, 0.4) is 0 Å². The molecule has 102 valence electrons. The van der Waals surface area contributed by atoms with E-state index < -0.39 is 0 Å². The highest BCUT2D eigenvalue weighted by atomic mass is 16.1. The molecule has 7 heteroatoms. The van der Waals surface area contributed by atoms with Crippen molar-refractivity contribution in [1.29, 1.82) is 0 Å². The van der Waals surface area contributed by atoms with Crippen LogP contribution in [0.1, 0.15) is 25.1 Å². The van der Waals surface area contributed by atoms with Crippen LogP contribution in [-0.4, -0.2) is 38.7 Å². The number of H-pyrrole nitrogens is 1. The van der Waals surface area contributed by atoms with Crippen LogP contribution >= 0.6 is 0 Å². The smallest absolute Gasteiger partial charge is 0.349 e. The van der Waals surface area contributed by atoms with Gasteiger partial charge in [-0.2, -0.15) is 5.10 Å². The Morgan fingerprint density at radius 2 is 2.37 bits per heavy atom. The number of rotatable bonds is 4. The predicted octanol–water partition coefficient (Wildman–Crippen LogP) is 0.0436. The number of aromatic nitrogens is 4. The van der Waals surface area contributed by atoms with Crippen LogP contribution in [0.5, 0.6) is 0 Å². The molecule has 3 rings (SSSR count). The lowest BCUT2D eigenvalue weighted by atomic mass is 9.91. The van der Waals surface area contributed by atoms with Crippen LogP contribution in [0.25, 0.3) is 5.65 Å². The highest BCUT2D eigenvalue weighted by Crippen LogP contribution is 2.28. The fourth-order valence-electron chi connectivity index (χ4n) is 2.55. The fourth-order valence-corrected chi connectivity index (χ4v) is 2.55. The van der Waals surface area contributed by atoms with Crippen LogP contribution in [-0.2, 0) is 0 Å². The van der Waals surface area contributed by atoms with Gasteiger partial charge in [0, 0.05) is 25.2 Å². The number of anilines is 1. The van der Waals surface area contributed by atoms with Gasteiger partial charge >= 0.3 is 5.69 Å². The van der Waals surface area contributed by atoms with Gasteiger partial charge in [-0.3, -0.25) is 0 Å². The second-order valence-corrected chi connectivity index (χ2v) is 4.95. The average Bonchev–Trinajstić information content (AvgIpc) is 2.68. The van der Waals surface area contributed by atoms with Crippen LogP contribution in [0.15, 0.2) is 10.9 Å². The number of aromatic amines is 1. The van der Waals surface area contributed by atoms with Crippen molar-refractivity contribution in [3.8, 4) is 0 Å². The fraction of sp³-hybridized carbons (Fsp3) is 0.583. The first kappa shape index (κ1) is 12.2. The predicted molar refractivity (Wildman–Crippen MR) is 72.4 cm³/mol. The van der Waals surface area contributed by atoms with E-state index in [1.165, 1.54) is 23.7 Å². The van der Waals surface area contributed by atoms with E-state index in [1.54, 1.807) is 0 Å². The largest absolute Gasteiger partial charge is 0.352 e. The van der Waals surface area contributed by atoms with Gasteiger partial charge in [0.15, 0.2) is 5.65 Å². The quantitative estimate of drug-likeness (QED) is 0.812. The maximum absolute atomic E-state index is 11.6. The molecule has 0 aromatic carbocycles. The zero-order valence-corrected chi connectivity index (χ0v) is 11.0. The summed E-state index contributed by atoms with van der Waals surface area (Å²) in [5, 5.41) is 6.46. The monoisotopic (exact) mass is 262 g/mol. The van der Waals surface area contributed by atoms with Crippen molar-refractivity contribution in [2.75, 3.05) is 18.0 Å². The highest BCUT2D eigenvalue weighted by molar-refractivity contribution is 5.52. The van der Waals surface area contributed by atoms with Crippen LogP contribution < -0.4 is 16.3 Å². The SMILES string of the molecule is Cc1nc(N(CCN)C2CCC2)cc2n[nH]c(=O)n12. The van der Waals surface area contributed by atoms with Crippen molar-refractivity contribution in [1.82, 2.24) is 19.6 Å². The van der Waals surface area contributed by atoms with Gasteiger partial charge in [-0.1, -0.05) is 0 Å². The van der Waals surface area contributed by atoms with E-state index in [9.17, 15) is 4.79 Å². The molecule has 3 N–H and O–H groups in total. The Labute approximate surface area is 110 Å². The molecule has 0 saturated heterocycles. The highest BCUT2D eigenvalue weighted by Gasteiger charge is 2.26. The van der Waals surface area contributed by atoms with Crippen molar-refractivity contribution in [2.45, 2.75) is 32.2 Å². The molecule has 2 aromatic rings. The summed E-state index contributed by atoms with van der Waals surface area (Å²) >= 11 is 0. The molecule has 0 aliphatic heterocycles. The van der Waals surface area contributed by atoms with E-state index in [4.69, 9.17) is 5.73 Å². The summed E-state index contributed by atoms with van der Waals surface area (Å²) in [6.07, 6.45) is 3.62. The summed E-state index contributed by atoms with van der Waals surface area (Å²) in [6.45, 7) is 3.19. The normalized spacial score (nSPS) is 15.7. The summed E-state index contributed by atoms with van der Waals surface area (Å²) in [6, 6.07) is 2.36. The molecular weight excluding hydrogens is 244 g/mol. The van der Waals surface area contributed by atoms with Crippen molar-refractivity contribution in [3.05, 3.63) is 22.4 Å². The molecule has 0 amide bonds. The zero-order valence-electron chi connectivity index (χ0n) is 11.0. The summed E-state index contributed by atoms with van der Waals surface area (Å²) in [5.41, 5.74) is 6.05. The summed E-state index contributed by atoms with van der Waals surface area (Å²) in [5.74, 6) is 1.51. The van der Waals surface area contributed by atoms with Crippen LogP contribution in [0.4, 0.5) is 5.82 Å². The molecule has 0 radical (unpaired) electrons. The van der Waals surface area contributed by atoms with E-state index in [0.717, 1.165) is 12.4 Å². The Kier molecular flexibility index (Phi) is 2.98. The maximum atomic E-state index is 11.6. The van der Waals surface area contributed by atoms with Gasteiger partial charge < -0.3 is 10.6 Å². The van der Waals surface area contributed by atoms with Gasteiger partial charge in [-0.15, -0.1) is 0 Å². The minimum atomic E-state index is -0.249. The molecule has 7 nitrogen and oxygen atoms in total. The Morgan fingerprint density at radius 3 is 3.00 bits per heavy atom. The minimum Gasteiger partial charge on any atom is -0.352 e. The van der Waals surface area contributed by atoms with Crippen molar-refractivity contribution in [2.24, 2.45) is 5.73 Å².